The molecule has 6 aromatic carbocycles. The van der Waals surface area contributed by atoms with Crippen molar-refractivity contribution < 1.29 is 4.74 Å². The maximum Gasteiger partial charge on any atom is 0.190 e. The molecular formula is C36H25ClOSSi. The fraction of sp³-hybridized carbons (Fsp3) is 0. The monoisotopic (exact) mass is 568 g/mol. The zero-order chi connectivity index (χ0) is 26.7. The van der Waals surface area contributed by atoms with Gasteiger partial charge in [-0.15, -0.1) is 10.0 Å². The highest BCUT2D eigenvalue weighted by atomic mass is 35.5. The molecule has 0 fully saturated rings. The number of benzene rings is 6. The first kappa shape index (κ1) is 23.8. The molecule has 192 valence electrons. The lowest BCUT2D eigenvalue weighted by Crippen LogP contribution is -2.78. The minimum absolute atomic E-state index is 0.688. The van der Waals surface area contributed by atoms with E-state index >= 15 is 0 Å². The van der Waals surface area contributed by atoms with E-state index in [-0.39, 0.29) is 0 Å². The van der Waals surface area contributed by atoms with E-state index in [2.05, 4.69) is 140 Å². The van der Waals surface area contributed by atoms with E-state index in [1.165, 1.54) is 40.3 Å². The Morgan fingerprint density at radius 2 is 0.925 bits per heavy atom. The highest BCUT2D eigenvalue weighted by Crippen LogP contribution is 2.74. The van der Waals surface area contributed by atoms with Crippen LogP contribution in [-0.2, 0) is 0 Å². The summed E-state index contributed by atoms with van der Waals surface area (Å²) in [6.07, 6.45) is 0. The van der Waals surface area contributed by atoms with Crippen molar-refractivity contribution >= 4 is 50.4 Å². The van der Waals surface area contributed by atoms with Crippen molar-refractivity contribution in [1.82, 2.24) is 0 Å². The summed E-state index contributed by atoms with van der Waals surface area (Å²) < 4.78 is 6.59. The predicted octanol–water partition coefficient (Wildman–Crippen LogP) is 7.48. The van der Waals surface area contributed by atoms with Crippen LogP contribution in [0.4, 0.5) is 0 Å². The third-order valence-corrected chi connectivity index (χ3v) is 17.8. The van der Waals surface area contributed by atoms with Crippen LogP contribution >= 0.6 is 21.6 Å². The van der Waals surface area contributed by atoms with Gasteiger partial charge in [0.25, 0.3) is 0 Å². The van der Waals surface area contributed by atoms with Crippen LogP contribution in [0, 0.1) is 0 Å². The molecule has 4 heteroatoms. The van der Waals surface area contributed by atoms with Crippen molar-refractivity contribution in [2.75, 3.05) is 0 Å². The van der Waals surface area contributed by atoms with Gasteiger partial charge < -0.3 is 4.74 Å². The zero-order valence-corrected chi connectivity index (χ0v) is 24.2. The molecule has 6 aromatic rings. The van der Waals surface area contributed by atoms with E-state index in [1.807, 2.05) is 12.1 Å². The van der Waals surface area contributed by atoms with Crippen LogP contribution in [0.25, 0.3) is 0 Å². The summed E-state index contributed by atoms with van der Waals surface area (Å²) in [6, 6.07) is 55.6. The number of fused-ring (bicyclic) bond motifs is 8. The lowest BCUT2D eigenvalue weighted by molar-refractivity contribution is 0.487. The molecule has 0 atom stereocenters. The van der Waals surface area contributed by atoms with Gasteiger partial charge in [0.2, 0.25) is 0 Å². The van der Waals surface area contributed by atoms with Gasteiger partial charge in [-0.25, -0.2) is 0 Å². The Balaban J connectivity index is 1.62. The van der Waals surface area contributed by atoms with Crippen molar-refractivity contribution in [2.45, 2.75) is 19.6 Å². The van der Waals surface area contributed by atoms with Gasteiger partial charge in [-0.05, 0) is 75.3 Å². The van der Waals surface area contributed by atoms with E-state index < -0.39 is 18.1 Å². The number of hydrogen-bond acceptors (Lipinski definition) is 1. The summed E-state index contributed by atoms with van der Waals surface area (Å²) in [5.41, 5.74) is 0. The van der Waals surface area contributed by atoms with Gasteiger partial charge in [0.05, 0.1) is 0 Å². The largest absolute Gasteiger partial charge is 0.457 e. The molecule has 0 saturated carbocycles. The van der Waals surface area contributed by atoms with Crippen LogP contribution in [-0.4, -0.2) is 8.07 Å². The first-order valence-corrected chi connectivity index (χ1v) is 17.5. The Labute approximate surface area is 242 Å². The van der Waals surface area contributed by atoms with E-state index in [0.29, 0.717) is 5.02 Å². The zero-order valence-electron chi connectivity index (χ0n) is 21.6. The van der Waals surface area contributed by atoms with Crippen LogP contribution in [0.1, 0.15) is 0 Å². The van der Waals surface area contributed by atoms with Crippen molar-refractivity contribution in [3.8, 4) is 11.5 Å². The van der Waals surface area contributed by atoms with Gasteiger partial charge in [-0.2, -0.15) is 0 Å². The average Bonchev–Trinajstić information content (AvgIpc) is 3.02. The molecule has 0 aromatic heterocycles. The molecular weight excluding hydrogens is 544 g/mol. The lowest BCUT2D eigenvalue weighted by Gasteiger charge is -2.53. The third-order valence-electron chi connectivity index (χ3n) is 8.29. The average molecular weight is 569 g/mol. The molecule has 0 unspecified atom stereocenters. The number of rotatable bonds is 2. The Hall–Kier alpha value is -4.02. The second-order valence-electron chi connectivity index (χ2n) is 10.2. The highest BCUT2D eigenvalue weighted by molar-refractivity contribution is 8.34. The maximum absolute atomic E-state index is 6.59. The Morgan fingerprint density at radius 3 is 1.52 bits per heavy atom. The van der Waals surface area contributed by atoms with Crippen molar-refractivity contribution in [1.29, 1.82) is 0 Å². The molecule has 1 spiro atoms. The second kappa shape index (κ2) is 9.00. The summed E-state index contributed by atoms with van der Waals surface area (Å²) >= 11 is 6.58. The number of hydrogen-bond donors (Lipinski definition) is 0. The maximum atomic E-state index is 6.59. The Kier molecular flexibility index (Phi) is 5.36. The summed E-state index contributed by atoms with van der Waals surface area (Å²) in [5, 5.41) is 6.09. The van der Waals surface area contributed by atoms with Crippen LogP contribution in [0.2, 0.25) is 5.02 Å². The number of halogens is 1. The smallest absolute Gasteiger partial charge is 0.190 e. The third kappa shape index (κ3) is 3.05. The van der Waals surface area contributed by atoms with Crippen molar-refractivity contribution in [2.24, 2.45) is 0 Å². The minimum atomic E-state index is -2.79. The van der Waals surface area contributed by atoms with E-state index in [1.54, 1.807) is 0 Å². The second-order valence-corrected chi connectivity index (χ2v) is 17.4. The molecule has 40 heavy (non-hydrogen) atoms. The molecule has 1 nitrogen and oxygen atoms in total. The fourth-order valence-corrected chi connectivity index (χ4v) is 17.9. The van der Waals surface area contributed by atoms with E-state index in [9.17, 15) is 0 Å². The lowest BCUT2D eigenvalue weighted by atomic mass is 10.3. The first-order valence-electron chi connectivity index (χ1n) is 13.5. The van der Waals surface area contributed by atoms with Gasteiger partial charge >= 0.3 is 0 Å². The normalized spacial score (nSPS) is 16.0. The quantitative estimate of drug-likeness (QED) is 0.196. The van der Waals surface area contributed by atoms with Crippen LogP contribution < -0.4 is 25.5 Å². The standard InChI is InChI=1S/C36H25ClOSSi/c37-26-23-24-34-30(25-26)38-29-17-7-10-20-33(29)40(34)35-21-11-8-18-31(35)39(27-13-3-1-4-14-27,28-15-5-2-6-16-28)32-19-9-12-22-36(32)40/h1-25H. The summed E-state index contributed by atoms with van der Waals surface area (Å²) in [5.74, 6) is 1.79. The molecule has 2 heterocycles. The fourth-order valence-electron chi connectivity index (χ4n) is 6.84. The molecule has 0 saturated heterocycles. The Morgan fingerprint density at radius 1 is 0.450 bits per heavy atom. The van der Waals surface area contributed by atoms with Crippen molar-refractivity contribution in [3.05, 3.63) is 157 Å². The molecule has 0 aliphatic carbocycles. The van der Waals surface area contributed by atoms with Crippen LogP contribution in [0.15, 0.2) is 171 Å². The van der Waals surface area contributed by atoms with Gasteiger partial charge in [0.1, 0.15) is 11.5 Å². The minimum Gasteiger partial charge on any atom is -0.457 e. The SMILES string of the molecule is Clc1ccc2c(c1)Oc1ccccc1[Si]21c2ccccc2S(c2ccccc2)(c2ccccc2)c2ccccc21. The van der Waals surface area contributed by atoms with Crippen LogP contribution in [0.5, 0.6) is 11.5 Å². The van der Waals surface area contributed by atoms with Gasteiger partial charge in [0, 0.05) is 24.6 Å². The molecule has 8 rings (SSSR count). The molecule has 2 aliphatic rings. The number of para-hydroxylation sites is 1. The van der Waals surface area contributed by atoms with Crippen LogP contribution in [0.3, 0.4) is 0 Å². The topological polar surface area (TPSA) is 9.23 Å². The predicted molar refractivity (Wildman–Crippen MR) is 169 cm³/mol. The summed E-state index contributed by atoms with van der Waals surface area (Å²) in [6.45, 7) is 0. The molecule has 0 bridgehead atoms. The molecule has 0 N–H and O–H groups in total. The van der Waals surface area contributed by atoms with Gasteiger partial charge in [-0.1, -0.05) is 109 Å². The Bertz CT molecular complexity index is 1820. The first-order chi connectivity index (χ1) is 19.8. The van der Waals surface area contributed by atoms with E-state index in [0.717, 1.165) is 11.5 Å². The highest BCUT2D eigenvalue weighted by Gasteiger charge is 2.56. The summed E-state index contributed by atoms with van der Waals surface area (Å²) in [7, 11) is -4.59. The van der Waals surface area contributed by atoms with Gasteiger partial charge in [0.15, 0.2) is 8.07 Å². The van der Waals surface area contributed by atoms with E-state index in [4.69, 9.17) is 16.3 Å². The summed E-state index contributed by atoms with van der Waals surface area (Å²) in [4.78, 5) is 5.52. The van der Waals surface area contributed by atoms with Crippen molar-refractivity contribution in [3.63, 3.8) is 0 Å². The molecule has 0 radical (unpaired) electrons. The number of ether oxygens (including phenoxy) is 1. The molecule has 0 amide bonds. The molecule has 2 aliphatic heterocycles. The van der Waals surface area contributed by atoms with Gasteiger partial charge in [-0.3, -0.25) is 0 Å².